The van der Waals surface area contributed by atoms with Gasteiger partial charge < -0.3 is 15.2 Å². The molecule has 1 unspecified atom stereocenters. The second-order valence-electron chi connectivity index (χ2n) is 6.69. The number of halogens is 4. The molecule has 3 aromatic rings. The van der Waals surface area contributed by atoms with Gasteiger partial charge in [0.1, 0.15) is 29.8 Å². The third-order valence-corrected chi connectivity index (χ3v) is 4.44. The molecule has 158 valence electrons. The Morgan fingerprint density at radius 3 is 2.87 bits per heavy atom. The third kappa shape index (κ3) is 3.66. The summed E-state index contributed by atoms with van der Waals surface area (Å²) >= 11 is 0. The minimum Gasteiger partial charge on any atom is -0.489 e. The summed E-state index contributed by atoms with van der Waals surface area (Å²) in [5.74, 6) is -1.62. The van der Waals surface area contributed by atoms with Crippen LogP contribution in [0.25, 0.3) is 5.65 Å². The topological polar surface area (TPSA) is 101 Å². The van der Waals surface area contributed by atoms with Crippen LogP contribution in [0, 0.1) is 12.7 Å². The first kappa shape index (κ1) is 20.0. The zero-order chi connectivity index (χ0) is 21.6. The summed E-state index contributed by atoms with van der Waals surface area (Å²) in [6, 6.07) is 4.90. The molecule has 0 radical (unpaired) electrons. The number of carbonyl (C=O) groups is 1. The van der Waals surface area contributed by atoms with E-state index in [2.05, 4.69) is 20.7 Å². The summed E-state index contributed by atoms with van der Waals surface area (Å²) in [5.41, 5.74) is -0.749. The summed E-state index contributed by atoms with van der Waals surface area (Å²) < 4.78 is 59.5. The zero-order valence-corrected chi connectivity index (χ0v) is 15.4. The van der Waals surface area contributed by atoms with E-state index in [9.17, 15) is 27.5 Å². The predicted molar refractivity (Wildman–Crippen MR) is 95.1 cm³/mol. The fourth-order valence-corrected chi connectivity index (χ4v) is 3.05. The van der Waals surface area contributed by atoms with Crippen LogP contribution in [0.1, 0.15) is 23.3 Å². The molecule has 1 aromatic carbocycles. The molecule has 0 aliphatic carbocycles. The van der Waals surface area contributed by atoms with Crippen LogP contribution in [0.15, 0.2) is 30.3 Å². The molecule has 1 amide bonds. The van der Waals surface area contributed by atoms with Crippen molar-refractivity contribution in [2.24, 2.45) is 0 Å². The molecule has 0 fully saturated rings. The lowest BCUT2D eigenvalue weighted by Crippen LogP contribution is -2.45. The highest BCUT2D eigenvalue weighted by molar-refractivity contribution is 5.97. The van der Waals surface area contributed by atoms with Crippen molar-refractivity contribution in [3.8, 4) is 5.75 Å². The molecule has 3 heterocycles. The van der Waals surface area contributed by atoms with Crippen molar-refractivity contribution in [3.05, 3.63) is 53.2 Å². The van der Waals surface area contributed by atoms with E-state index in [0.29, 0.717) is 10.1 Å². The summed E-state index contributed by atoms with van der Waals surface area (Å²) in [6.45, 7) is 1.39. The second kappa shape index (κ2) is 7.22. The minimum absolute atomic E-state index is 0.125. The van der Waals surface area contributed by atoms with E-state index < -0.39 is 35.9 Å². The smallest absolute Gasteiger partial charge is 0.433 e. The van der Waals surface area contributed by atoms with Crippen molar-refractivity contribution in [1.82, 2.24) is 19.9 Å². The monoisotopic (exact) mass is 425 g/mol. The first-order valence-electron chi connectivity index (χ1n) is 8.74. The van der Waals surface area contributed by atoms with Gasteiger partial charge in [-0.05, 0) is 36.8 Å². The molecule has 2 aromatic heterocycles. The van der Waals surface area contributed by atoms with Crippen LogP contribution in [0.2, 0.25) is 0 Å². The molecule has 2 atom stereocenters. The lowest BCUT2D eigenvalue weighted by molar-refractivity contribution is -0.142. The number of alkyl halides is 3. The van der Waals surface area contributed by atoms with E-state index in [-0.39, 0.29) is 29.5 Å². The Hall–Kier alpha value is -3.25. The number of carbonyl (C=O) groups excluding carboxylic acids is 1. The Kier molecular flexibility index (Phi) is 4.82. The van der Waals surface area contributed by atoms with Gasteiger partial charge in [0.05, 0.1) is 0 Å². The van der Waals surface area contributed by atoms with Crippen molar-refractivity contribution in [3.63, 3.8) is 0 Å². The SMILES string of the molecule is Cc1cc(F)c2c(c1)OC[C@H](NC(O)c1nc3cccc(C(F)(F)F)n3n1)C(=O)N2. The van der Waals surface area contributed by atoms with Crippen molar-refractivity contribution in [1.29, 1.82) is 0 Å². The van der Waals surface area contributed by atoms with Crippen molar-refractivity contribution in [2.45, 2.75) is 25.4 Å². The van der Waals surface area contributed by atoms with Crippen LogP contribution in [0.5, 0.6) is 5.75 Å². The molecule has 0 bridgehead atoms. The number of aryl methyl sites for hydroxylation is 1. The molecule has 1 aliphatic heterocycles. The molecule has 3 N–H and O–H groups in total. The molecule has 30 heavy (non-hydrogen) atoms. The summed E-state index contributed by atoms with van der Waals surface area (Å²) in [4.78, 5) is 16.3. The number of pyridine rings is 1. The van der Waals surface area contributed by atoms with Crippen LogP contribution in [-0.4, -0.2) is 38.3 Å². The van der Waals surface area contributed by atoms with Gasteiger partial charge in [0.25, 0.3) is 0 Å². The van der Waals surface area contributed by atoms with Gasteiger partial charge in [-0.3, -0.25) is 10.1 Å². The molecular weight excluding hydrogens is 410 g/mol. The normalized spacial score (nSPS) is 17.8. The van der Waals surface area contributed by atoms with Gasteiger partial charge in [-0.15, -0.1) is 5.10 Å². The Bertz CT molecular complexity index is 1130. The first-order chi connectivity index (χ1) is 14.1. The number of ether oxygens (including phenoxy) is 1. The van der Waals surface area contributed by atoms with Crippen LogP contribution < -0.4 is 15.4 Å². The average molecular weight is 425 g/mol. The number of hydrogen-bond donors (Lipinski definition) is 3. The maximum atomic E-state index is 14.1. The van der Waals surface area contributed by atoms with Crippen LogP contribution in [0.3, 0.4) is 0 Å². The lowest BCUT2D eigenvalue weighted by Gasteiger charge is -2.17. The fraction of sp³-hybridized carbons (Fsp3) is 0.278. The van der Waals surface area contributed by atoms with Gasteiger partial charge in [0.15, 0.2) is 23.5 Å². The number of rotatable bonds is 3. The van der Waals surface area contributed by atoms with Gasteiger partial charge in [-0.25, -0.2) is 13.9 Å². The number of nitrogens with zero attached hydrogens (tertiary/aromatic N) is 3. The second-order valence-corrected chi connectivity index (χ2v) is 6.69. The molecule has 12 heteroatoms. The Balaban J connectivity index is 1.56. The lowest BCUT2D eigenvalue weighted by atomic mass is 10.2. The van der Waals surface area contributed by atoms with E-state index in [4.69, 9.17) is 4.74 Å². The number of hydrogen-bond acceptors (Lipinski definition) is 6. The quantitative estimate of drug-likeness (QED) is 0.439. The molecular formula is C18H15F4N5O3. The van der Waals surface area contributed by atoms with Crippen molar-refractivity contribution >= 4 is 17.2 Å². The Morgan fingerprint density at radius 1 is 1.37 bits per heavy atom. The number of nitrogens with one attached hydrogen (secondary N) is 2. The maximum absolute atomic E-state index is 14.1. The number of fused-ring (bicyclic) bond motifs is 2. The van der Waals surface area contributed by atoms with Gasteiger partial charge in [0, 0.05) is 0 Å². The molecule has 0 saturated heterocycles. The standard InChI is InChI=1S/C18H15F4N5O3/c1-8-5-9(19)14-11(6-8)30-7-10(16(28)25-14)23-17(29)15-24-13-4-2-3-12(18(20,21)22)27(13)26-15/h2-6,10,17,23,29H,7H2,1H3,(H,25,28)/t10-,17?/m0/s1. The third-order valence-electron chi connectivity index (χ3n) is 4.44. The highest BCUT2D eigenvalue weighted by Gasteiger charge is 2.35. The molecule has 4 rings (SSSR count). The zero-order valence-electron chi connectivity index (χ0n) is 15.4. The van der Waals surface area contributed by atoms with E-state index in [1.54, 1.807) is 13.0 Å². The van der Waals surface area contributed by atoms with Gasteiger partial charge in [0.2, 0.25) is 5.91 Å². The van der Waals surface area contributed by atoms with Crippen LogP contribution >= 0.6 is 0 Å². The van der Waals surface area contributed by atoms with Gasteiger partial charge in [-0.2, -0.15) is 13.2 Å². The van der Waals surface area contributed by atoms with Gasteiger partial charge >= 0.3 is 6.18 Å². The fourth-order valence-electron chi connectivity index (χ4n) is 3.05. The summed E-state index contributed by atoms with van der Waals surface area (Å²) in [5, 5.41) is 18.9. The summed E-state index contributed by atoms with van der Waals surface area (Å²) in [7, 11) is 0. The highest BCUT2D eigenvalue weighted by atomic mass is 19.4. The van der Waals surface area contributed by atoms with E-state index in [0.717, 1.165) is 12.1 Å². The van der Waals surface area contributed by atoms with Crippen molar-refractivity contribution in [2.75, 3.05) is 11.9 Å². The Morgan fingerprint density at radius 2 is 2.13 bits per heavy atom. The number of anilines is 1. The first-order valence-corrected chi connectivity index (χ1v) is 8.74. The molecule has 0 spiro atoms. The molecule has 0 saturated carbocycles. The molecule has 8 nitrogen and oxygen atoms in total. The number of benzene rings is 1. The minimum atomic E-state index is -4.67. The molecule has 1 aliphatic rings. The van der Waals surface area contributed by atoms with E-state index in [1.807, 2.05) is 0 Å². The van der Waals surface area contributed by atoms with Gasteiger partial charge in [-0.1, -0.05) is 6.07 Å². The summed E-state index contributed by atoms with van der Waals surface area (Å²) in [6.07, 6.45) is -6.36. The van der Waals surface area contributed by atoms with E-state index >= 15 is 0 Å². The Labute approximate surface area is 166 Å². The number of aliphatic hydroxyl groups excluding tert-OH is 1. The number of amides is 1. The average Bonchev–Trinajstić information content (AvgIpc) is 3.04. The van der Waals surface area contributed by atoms with Crippen molar-refractivity contribution < 1.29 is 32.2 Å². The highest BCUT2D eigenvalue weighted by Crippen LogP contribution is 2.32. The number of aromatic nitrogens is 3. The predicted octanol–water partition coefficient (Wildman–Crippen LogP) is 2.18. The van der Waals surface area contributed by atoms with Crippen LogP contribution in [-0.2, 0) is 11.0 Å². The van der Waals surface area contributed by atoms with Crippen LogP contribution in [0.4, 0.5) is 23.2 Å². The van der Waals surface area contributed by atoms with E-state index in [1.165, 1.54) is 12.1 Å². The largest absolute Gasteiger partial charge is 0.489 e. The maximum Gasteiger partial charge on any atom is 0.433 e. The number of aliphatic hydroxyl groups is 1.